The second-order valence-corrected chi connectivity index (χ2v) is 14.1. The summed E-state index contributed by atoms with van der Waals surface area (Å²) in [6, 6.07) is 61.1. The first-order chi connectivity index (χ1) is 25.3. The summed E-state index contributed by atoms with van der Waals surface area (Å²) in [6.45, 7) is 3.16. The van der Waals surface area contributed by atoms with Gasteiger partial charge in [-0.05, 0) is 108 Å². The summed E-state index contributed by atoms with van der Waals surface area (Å²) in [5, 5.41) is 5.16. The second kappa shape index (κ2) is 10.6. The van der Waals surface area contributed by atoms with Gasteiger partial charge in [-0.15, -0.1) is 0 Å². The molecule has 2 aliphatic rings. The summed E-state index contributed by atoms with van der Waals surface area (Å²) in [5.41, 5.74) is 16.2. The molecule has 0 atom stereocenters. The number of aryl methyl sites for hydroxylation is 1. The number of para-hydroxylation sites is 2. The molecule has 1 spiro atoms. The Morgan fingerprint density at radius 1 is 0.510 bits per heavy atom. The van der Waals surface area contributed by atoms with Gasteiger partial charge in [0.25, 0.3) is 0 Å². The maximum absolute atomic E-state index is 5.18. The van der Waals surface area contributed by atoms with Crippen LogP contribution in [0.25, 0.3) is 77.3 Å². The van der Waals surface area contributed by atoms with Crippen LogP contribution < -0.4 is 0 Å². The fourth-order valence-electron chi connectivity index (χ4n) is 9.58. The van der Waals surface area contributed by atoms with Crippen LogP contribution in [0.4, 0.5) is 0 Å². The highest BCUT2D eigenvalue weighted by Crippen LogP contribution is 2.65. The van der Waals surface area contributed by atoms with Crippen molar-refractivity contribution < 1.29 is 0 Å². The highest BCUT2D eigenvalue weighted by molar-refractivity contribution is 6.14. The molecule has 2 aliphatic carbocycles. The first-order valence-electron chi connectivity index (χ1n) is 18.1. The Balaban J connectivity index is 1.25. The minimum absolute atomic E-state index is 0.454. The number of hydrogen-bond acceptors (Lipinski definition) is 1. The number of fused-ring (bicyclic) bond motifs is 15. The molecule has 0 saturated heterocycles. The molecular formula is C49H34N2. The lowest BCUT2D eigenvalue weighted by molar-refractivity contribution is 0.704. The number of imidazole rings is 1. The van der Waals surface area contributed by atoms with E-state index in [9.17, 15) is 0 Å². The molecule has 240 valence electrons. The molecule has 0 fully saturated rings. The number of aromatic nitrogens is 2. The summed E-state index contributed by atoms with van der Waals surface area (Å²) >= 11 is 0. The van der Waals surface area contributed by atoms with Gasteiger partial charge in [-0.3, -0.25) is 0 Å². The largest absolute Gasteiger partial charge is 0.324 e. The third kappa shape index (κ3) is 3.74. The lowest BCUT2D eigenvalue weighted by Crippen LogP contribution is -2.26. The topological polar surface area (TPSA) is 17.8 Å². The highest BCUT2D eigenvalue weighted by atomic mass is 15.1. The summed E-state index contributed by atoms with van der Waals surface area (Å²) in [4.78, 5) is 5.18. The maximum Gasteiger partial charge on any atom is 0.141 e. The quantitative estimate of drug-likeness (QED) is 0.185. The molecule has 0 unspecified atom stereocenters. The minimum atomic E-state index is -0.454. The molecule has 0 N–H and O–H groups in total. The molecule has 51 heavy (non-hydrogen) atoms. The smallest absolute Gasteiger partial charge is 0.141 e. The maximum atomic E-state index is 5.18. The third-order valence-electron chi connectivity index (χ3n) is 11.5. The van der Waals surface area contributed by atoms with Crippen LogP contribution in [0, 0.1) is 0 Å². The van der Waals surface area contributed by atoms with Gasteiger partial charge in [0.15, 0.2) is 0 Å². The monoisotopic (exact) mass is 650 g/mol. The number of hydrogen-bond donors (Lipinski definition) is 0. The predicted molar refractivity (Wildman–Crippen MR) is 212 cm³/mol. The molecule has 2 heteroatoms. The molecule has 0 aliphatic heterocycles. The number of nitrogens with zero attached hydrogens (tertiary/aromatic N) is 2. The highest BCUT2D eigenvalue weighted by Gasteiger charge is 2.53. The lowest BCUT2D eigenvalue weighted by atomic mass is 9.69. The zero-order valence-electron chi connectivity index (χ0n) is 28.4. The molecule has 0 saturated carbocycles. The van der Waals surface area contributed by atoms with Crippen molar-refractivity contribution in [3.8, 4) is 44.8 Å². The minimum Gasteiger partial charge on any atom is -0.324 e. The van der Waals surface area contributed by atoms with E-state index in [0.29, 0.717) is 0 Å². The van der Waals surface area contributed by atoms with E-state index in [1.807, 2.05) is 0 Å². The van der Waals surface area contributed by atoms with Crippen LogP contribution in [0.2, 0.25) is 0 Å². The number of rotatable bonds is 4. The molecule has 9 aromatic rings. The Morgan fingerprint density at radius 2 is 1.18 bits per heavy atom. The molecule has 0 radical (unpaired) electrons. The van der Waals surface area contributed by atoms with Crippen molar-refractivity contribution in [2.24, 2.45) is 0 Å². The summed E-state index contributed by atoms with van der Waals surface area (Å²) in [5.74, 6) is 1.03. The Kier molecular flexibility index (Phi) is 5.95. The zero-order valence-corrected chi connectivity index (χ0v) is 28.4. The van der Waals surface area contributed by atoms with Crippen LogP contribution in [0.15, 0.2) is 164 Å². The molecule has 2 nitrogen and oxygen atoms in total. The third-order valence-corrected chi connectivity index (χ3v) is 11.5. The van der Waals surface area contributed by atoms with E-state index < -0.39 is 5.41 Å². The van der Waals surface area contributed by atoms with Crippen LogP contribution in [0.1, 0.15) is 35.6 Å². The standard InChI is InChI=1S/C49H34N2/c1-2-28-51-45-25-12-11-24-44(45)50-48(51)33-16-13-15-32(29-33)40-30-43-46(38-21-6-5-18-35(38)40)39-27-26-31-14-3-4-17-34(31)47(39)49(43)41-22-9-7-19-36(41)37-20-8-10-23-42(37)49/h3-27,29-30H,2,28H2,1H3. The normalized spacial score (nSPS) is 13.5. The van der Waals surface area contributed by atoms with Crippen molar-refractivity contribution in [3.05, 3.63) is 186 Å². The van der Waals surface area contributed by atoms with Crippen LogP contribution in [0.3, 0.4) is 0 Å². The average Bonchev–Trinajstić information content (AvgIpc) is 3.82. The van der Waals surface area contributed by atoms with Crippen LogP contribution in [0.5, 0.6) is 0 Å². The fraction of sp³-hybridized carbons (Fsp3) is 0.0816. The van der Waals surface area contributed by atoms with E-state index in [4.69, 9.17) is 4.98 Å². The molecule has 0 amide bonds. The van der Waals surface area contributed by atoms with Crippen LogP contribution >= 0.6 is 0 Å². The van der Waals surface area contributed by atoms with Gasteiger partial charge in [-0.25, -0.2) is 4.98 Å². The Labute approximate surface area is 297 Å². The van der Waals surface area contributed by atoms with E-state index in [2.05, 4.69) is 175 Å². The zero-order chi connectivity index (χ0) is 33.7. The van der Waals surface area contributed by atoms with Gasteiger partial charge in [0, 0.05) is 12.1 Å². The van der Waals surface area contributed by atoms with E-state index in [1.54, 1.807) is 0 Å². The Morgan fingerprint density at radius 3 is 1.98 bits per heavy atom. The molecule has 11 rings (SSSR count). The first-order valence-corrected chi connectivity index (χ1v) is 18.1. The van der Waals surface area contributed by atoms with Crippen LogP contribution in [-0.2, 0) is 12.0 Å². The van der Waals surface area contributed by atoms with Crippen molar-refractivity contribution in [1.29, 1.82) is 0 Å². The van der Waals surface area contributed by atoms with Crippen molar-refractivity contribution in [2.45, 2.75) is 25.3 Å². The molecule has 8 aromatic carbocycles. The Hall–Kier alpha value is -6.25. The van der Waals surface area contributed by atoms with Crippen LogP contribution in [-0.4, -0.2) is 9.55 Å². The lowest BCUT2D eigenvalue weighted by Gasteiger charge is -2.32. The molecule has 0 bridgehead atoms. The Bertz CT molecular complexity index is 2840. The SMILES string of the molecule is CCCn1c(-c2cccc(-c3cc4c(c5ccccc35)-c3ccc5ccccc5c3C43c4ccccc4-c4ccccc43)c2)nc2ccccc21. The van der Waals surface area contributed by atoms with Crippen molar-refractivity contribution in [1.82, 2.24) is 9.55 Å². The summed E-state index contributed by atoms with van der Waals surface area (Å²) in [6.07, 6.45) is 1.04. The average molecular weight is 651 g/mol. The van der Waals surface area contributed by atoms with Gasteiger partial charge in [0.05, 0.1) is 16.4 Å². The van der Waals surface area contributed by atoms with Gasteiger partial charge < -0.3 is 4.57 Å². The van der Waals surface area contributed by atoms with E-state index >= 15 is 0 Å². The summed E-state index contributed by atoms with van der Waals surface area (Å²) < 4.78 is 2.39. The van der Waals surface area contributed by atoms with Crippen molar-refractivity contribution in [2.75, 3.05) is 0 Å². The summed E-state index contributed by atoms with van der Waals surface area (Å²) in [7, 11) is 0. The number of benzene rings is 8. The van der Waals surface area contributed by atoms with Gasteiger partial charge in [0.1, 0.15) is 5.82 Å². The second-order valence-electron chi connectivity index (χ2n) is 14.1. The first kappa shape index (κ1) is 28.6. The van der Waals surface area contributed by atoms with Gasteiger partial charge in [0.2, 0.25) is 0 Å². The molecular weight excluding hydrogens is 617 g/mol. The van der Waals surface area contributed by atoms with Gasteiger partial charge >= 0.3 is 0 Å². The van der Waals surface area contributed by atoms with E-state index in [0.717, 1.165) is 29.9 Å². The van der Waals surface area contributed by atoms with E-state index in [-0.39, 0.29) is 0 Å². The van der Waals surface area contributed by atoms with Gasteiger partial charge in [-0.2, -0.15) is 0 Å². The molecule has 1 heterocycles. The molecule has 1 aromatic heterocycles. The van der Waals surface area contributed by atoms with Crippen molar-refractivity contribution >= 4 is 32.6 Å². The van der Waals surface area contributed by atoms with Gasteiger partial charge in [-0.1, -0.05) is 146 Å². The predicted octanol–water partition coefficient (Wildman–Crippen LogP) is 12.4. The fourth-order valence-corrected chi connectivity index (χ4v) is 9.58. The van der Waals surface area contributed by atoms with E-state index in [1.165, 1.54) is 82.7 Å². The van der Waals surface area contributed by atoms with Crippen molar-refractivity contribution in [3.63, 3.8) is 0 Å².